The van der Waals surface area contributed by atoms with E-state index in [2.05, 4.69) is 0 Å². The number of aliphatic hydroxyl groups is 1. The summed E-state index contributed by atoms with van der Waals surface area (Å²) in [4.78, 5) is 26.9. The summed E-state index contributed by atoms with van der Waals surface area (Å²) >= 11 is 0. The molecule has 1 heterocycles. The largest absolute Gasteiger partial charge is 0.446 e. The minimum absolute atomic E-state index is 0.111. The summed E-state index contributed by atoms with van der Waals surface area (Å²) in [6.45, 7) is 9.83. The van der Waals surface area contributed by atoms with E-state index in [9.17, 15) is 14.7 Å². The second-order valence-electron chi connectivity index (χ2n) is 10.2. The number of hydrazine groups is 1. The van der Waals surface area contributed by atoms with Gasteiger partial charge in [0.15, 0.2) is 0 Å². The van der Waals surface area contributed by atoms with Gasteiger partial charge in [0.1, 0.15) is 6.61 Å². The minimum Gasteiger partial charge on any atom is -0.446 e. The molecule has 1 saturated heterocycles. The lowest BCUT2D eigenvalue weighted by Crippen LogP contribution is -2.65. The fourth-order valence-electron chi connectivity index (χ4n) is 4.42. The third kappa shape index (κ3) is 6.01. The van der Waals surface area contributed by atoms with Gasteiger partial charge in [0, 0.05) is 6.04 Å². The molecule has 0 unspecified atom stereocenters. The maximum Gasteiger partial charge on any atom is 0.431 e. The van der Waals surface area contributed by atoms with Gasteiger partial charge >= 0.3 is 6.09 Å². The zero-order valence-electron chi connectivity index (χ0n) is 20.3. The fraction of sp³-hybridized carbons (Fsp3) is 0.481. The van der Waals surface area contributed by atoms with Gasteiger partial charge < -0.3 is 9.84 Å². The average Bonchev–Trinajstić information content (AvgIpc) is 2.78. The number of hydrogen-bond acceptors (Lipinski definition) is 5. The Bertz CT molecular complexity index is 924. The molecule has 1 aliphatic heterocycles. The zero-order valence-corrected chi connectivity index (χ0v) is 20.3. The van der Waals surface area contributed by atoms with Crippen molar-refractivity contribution < 1.29 is 19.4 Å². The Morgan fingerprint density at radius 3 is 2.09 bits per heavy atom. The molecule has 3 rings (SSSR count). The molecule has 6 nitrogen and oxygen atoms in total. The summed E-state index contributed by atoms with van der Waals surface area (Å²) in [5.41, 5.74) is 1.50. The lowest BCUT2D eigenvalue weighted by Gasteiger charge is -2.46. The highest BCUT2D eigenvalue weighted by Gasteiger charge is 2.46. The van der Waals surface area contributed by atoms with Crippen molar-refractivity contribution in [1.29, 1.82) is 0 Å². The Labute approximate surface area is 197 Å². The van der Waals surface area contributed by atoms with Gasteiger partial charge in [-0.1, -0.05) is 81.4 Å². The summed E-state index contributed by atoms with van der Waals surface area (Å²) < 4.78 is 5.49. The number of amides is 2. The van der Waals surface area contributed by atoms with E-state index in [1.54, 1.807) is 0 Å². The van der Waals surface area contributed by atoms with Crippen LogP contribution in [0.1, 0.15) is 45.7 Å². The van der Waals surface area contributed by atoms with E-state index in [1.807, 2.05) is 100 Å². The molecule has 2 amide bonds. The molecule has 33 heavy (non-hydrogen) atoms. The van der Waals surface area contributed by atoms with Crippen molar-refractivity contribution in [2.24, 2.45) is 11.3 Å². The molecule has 0 spiro atoms. The molecule has 2 aromatic rings. The predicted molar refractivity (Wildman–Crippen MR) is 128 cm³/mol. The van der Waals surface area contributed by atoms with E-state index in [4.69, 9.17) is 4.74 Å². The van der Waals surface area contributed by atoms with E-state index in [0.29, 0.717) is 12.8 Å². The van der Waals surface area contributed by atoms with E-state index in [1.165, 1.54) is 0 Å². The minimum atomic E-state index is -0.943. The number of rotatable bonds is 7. The molecule has 3 atom stereocenters. The van der Waals surface area contributed by atoms with E-state index in [-0.39, 0.29) is 18.7 Å². The fourth-order valence-corrected chi connectivity index (χ4v) is 4.42. The number of nitrogens with zero attached hydrogens (tertiary/aromatic N) is 2. The van der Waals surface area contributed by atoms with Crippen LogP contribution in [0.4, 0.5) is 4.79 Å². The van der Waals surface area contributed by atoms with Gasteiger partial charge in [-0.3, -0.25) is 4.79 Å². The predicted octanol–water partition coefficient (Wildman–Crippen LogP) is 4.47. The van der Waals surface area contributed by atoms with Crippen LogP contribution in [0.3, 0.4) is 0 Å². The Balaban J connectivity index is 1.94. The van der Waals surface area contributed by atoms with Gasteiger partial charge in [0.2, 0.25) is 0 Å². The van der Waals surface area contributed by atoms with Crippen LogP contribution in [0.2, 0.25) is 0 Å². The topological polar surface area (TPSA) is 70.1 Å². The van der Waals surface area contributed by atoms with Gasteiger partial charge in [-0.15, -0.1) is 0 Å². The first kappa shape index (κ1) is 24.9. The Morgan fingerprint density at radius 1 is 1.03 bits per heavy atom. The second kappa shape index (κ2) is 10.5. The normalized spacial score (nSPS) is 19.3. The highest BCUT2D eigenvalue weighted by molar-refractivity contribution is 5.93. The zero-order chi connectivity index (χ0) is 24.2. The molecule has 1 fully saturated rings. The Kier molecular flexibility index (Phi) is 7.92. The van der Waals surface area contributed by atoms with Crippen molar-refractivity contribution in [3.8, 4) is 0 Å². The number of carbonyl (C=O) groups is 2. The number of benzene rings is 2. The number of carbonyl (C=O) groups excluding carboxylic acids is 2. The molecular formula is C27H36N2O4. The quantitative estimate of drug-likeness (QED) is 0.671. The molecule has 0 saturated carbocycles. The lowest BCUT2D eigenvalue weighted by atomic mass is 9.78. The highest BCUT2D eigenvalue weighted by atomic mass is 16.6. The maximum absolute atomic E-state index is 13.9. The second-order valence-corrected chi connectivity index (χ2v) is 10.2. The molecule has 0 radical (unpaired) electrons. The number of ether oxygens (including phenoxy) is 1. The third-order valence-corrected chi connectivity index (χ3v) is 6.11. The van der Waals surface area contributed by atoms with Crippen molar-refractivity contribution in [1.82, 2.24) is 10.0 Å². The average molecular weight is 453 g/mol. The van der Waals surface area contributed by atoms with Gasteiger partial charge in [-0.05, 0) is 43.2 Å². The van der Waals surface area contributed by atoms with Crippen molar-refractivity contribution in [2.75, 3.05) is 6.61 Å². The Hall–Kier alpha value is -2.70. The van der Waals surface area contributed by atoms with Gasteiger partial charge in [0.25, 0.3) is 5.91 Å². The number of imide groups is 1. The first-order valence-corrected chi connectivity index (χ1v) is 11.6. The summed E-state index contributed by atoms with van der Waals surface area (Å²) in [5, 5.41) is 14.2. The molecule has 1 aliphatic rings. The SMILES string of the molecule is CC(C)N1[C@@H](Cc2ccccc2)COC(=O)N1C(=O)[C@@H](Cc1ccccc1)[C@H](O)C(C)(C)C. The monoisotopic (exact) mass is 452 g/mol. The van der Waals surface area contributed by atoms with Crippen molar-refractivity contribution in [3.63, 3.8) is 0 Å². The third-order valence-electron chi connectivity index (χ3n) is 6.11. The van der Waals surface area contributed by atoms with Crippen LogP contribution in [0, 0.1) is 11.3 Å². The van der Waals surface area contributed by atoms with E-state index in [0.717, 1.165) is 16.1 Å². The summed E-state index contributed by atoms with van der Waals surface area (Å²) in [6, 6.07) is 19.3. The van der Waals surface area contributed by atoms with Crippen LogP contribution in [-0.2, 0) is 22.4 Å². The number of hydrogen-bond donors (Lipinski definition) is 1. The van der Waals surface area contributed by atoms with Crippen molar-refractivity contribution >= 4 is 12.0 Å². The molecule has 6 heteroatoms. The standard InChI is InChI=1S/C27H36N2O4/c1-19(2)28-22(16-20-12-8-6-9-13-20)18-33-26(32)29(28)25(31)23(24(30)27(3,4)5)17-21-14-10-7-11-15-21/h6-15,19,22-24,30H,16-18H2,1-5H3/t22-,23-,24-/m0/s1. The number of cyclic esters (lactones) is 1. The van der Waals surface area contributed by atoms with Crippen LogP contribution in [0.5, 0.6) is 0 Å². The van der Waals surface area contributed by atoms with Crippen molar-refractivity contribution in [3.05, 3.63) is 71.8 Å². The van der Waals surface area contributed by atoms with Gasteiger partial charge in [-0.2, -0.15) is 10.0 Å². The van der Waals surface area contributed by atoms with Crippen molar-refractivity contribution in [2.45, 2.75) is 65.6 Å². The summed E-state index contributed by atoms with van der Waals surface area (Å²) in [5.74, 6) is -1.23. The molecule has 1 N–H and O–H groups in total. The molecule has 0 aliphatic carbocycles. The van der Waals surface area contributed by atoms with Gasteiger partial charge in [-0.25, -0.2) is 4.79 Å². The van der Waals surface area contributed by atoms with Crippen LogP contribution in [-0.4, -0.2) is 51.9 Å². The molecular weight excluding hydrogens is 416 g/mol. The number of aliphatic hydroxyl groups excluding tert-OH is 1. The molecule has 0 bridgehead atoms. The van der Waals surface area contributed by atoms with E-state index < -0.39 is 29.4 Å². The van der Waals surface area contributed by atoms with Gasteiger partial charge in [0.05, 0.1) is 18.1 Å². The Morgan fingerprint density at radius 2 is 1.58 bits per heavy atom. The van der Waals surface area contributed by atoms with Crippen LogP contribution < -0.4 is 0 Å². The molecule has 178 valence electrons. The van der Waals surface area contributed by atoms with E-state index >= 15 is 0 Å². The first-order valence-electron chi connectivity index (χ1n) is 11.6. The first-order chi connectivity index (χ1) is 15.6. The van der Waals surface area contributed by atoms with Crippen LogP contribution in [0.25, 0.3) is 0 Å². The highest BCUT2D eigenvalue weighted by Crippen LogP contribution is 2.31. The summed E-state index contributed by atoms with van der Waals surface area (Å²) in [6.07, 6.45) is -0.656. The lowest BCUT2D eigenvalue weighted by molar-refractivity contribution is -0.175. The van der Waals surface area contributed by atoms with Crippen LogP contribution in [0.15, 0.2) is 60.7 Å². The molecule has 0 aromatic heterocycles. The smallest absolute Gasteiger partial charge is 0.431 e. The summed E-state index contributed by atoms with van der Waals surface area (Å²) in [7, 11) is 0. The van der Waals surface area contributed by atoms with Crippen LogP contribution >= 0.6 is 0 Å². The maximum atomic E-state index is 13.9. The molecule has 2 aromatic carbocycles.